The summed E-state index contributed by atoms with van der Waals surface area (Å²) in [6.07, 6.45) is 0. The minimum atomic E-state index is -1.03. The molecule has 3 nitrogen and oxygen atoms in total. The molecular formula is C9H8BrFO3. The summed E-state index contributed by atoms with van der Waals surface area (Å²) in [5.41, 5.74) is 0.350. The van der Waals surface area contributed by atoms with E-state index in [4.69, 9.17) is 10.2 Å². The fourth-order valence-corrected chi connectivity index (χ4v) is 1.45. The summed E-state index contributed by atoms with van der Waals surface area (Å²) >= 11 is 2.89. The highest BCUT2D eigenvalue weighted by atomic mass is 79.9. The van der Waals surface area contributed by atoms with Crippen LogP contribution < -0.4 is 0 Å². The van der Waals surface area contributed by atoms with Crippen molar-refractivity contribution in [3.63, 3.8) is 0 Å². The summed E-state index contributed by atoms with van der Waals surface area (Å²) in [5, 5.41) is 17.8. The third-order valence-corrected chi connectivity index (χ3v) is 2.48. The van der Waals surface area contributed by atoms with Gasteiger partial charge in [-0.25, -0.2) is 4.39 Å². The first-order chi connectivity index (χ1) is 6.43. The number of phenolic OH excluding ortho intramolecular Hbond substituents is 1. The molecule has 0 aliphatic heterocycles. The van der Waals surface area contributed by atoms with Gasteiger partial charge in [0.1, 0.15) is 0 Å². The van der Waals surface area contributed by atoms with E-state index in [-0.39, 0.29) is 4.47 Å². The molecule has 1 rings (SSSR count). The molecule has 0 aromatic heterocycles. The molecular weight excluding hydrogens is 255 g/mol. The van der Waals surface area contributed by atoms with Gasteiger partial charge >= 0.3 is 5.97 Å². The number of rotatable bonds is 2. The van der Waals surface area contributed by atoms with E-state index in [2.05, 4.69) is 15.9 Å². The minimum Gasteiger partial charge on any atom is -0.505 e. The lowest BCUT2D eigenvalue weighted by Crippen LogP contribution is -2.07. The summed E-state index contributed by atoms with van der Waals surface area (Å²) in [6, 6.07) is 2.45. The molecule has 0 saturated carbocycles. The van der Waals surface area contributed by atoms with Crippen molar-refractivity contribution in [2.24, 2.45) is 0 Å². The maximum Gasteiger partial charge on any atom is 0.310 e. The molecule has 0 aliphatic rings. The summed E-state index contributed by atoms with van der Waals surface area (Å²) in [5.74, 6) is -3.14. The van der Waals surface area contributed by atoms with Gasteiger partial charge in [0, 0.05) is 0 Å². The van der Waals surface area contributed by atoms with Gasteiger partial charge in [0.15, 0.2) is 11.6 Å². The van der Waals surface area contributed by atoms with Crippen LogP contribution in [0.2, 0.25) is 0 Å². The van der Waals surface area contributed by atoms with Crippen molar-refractivity contribution in [2.75, 3.05) is 0 Å². The highest BCUT2D eigenvalue weighted by molar-refractivity contribution is 9.10. The molecule has 2 N–H and O–H groups in total. The number of phenols is 1. The van der Waals surface area contributed by atoms with Gasteiger partial charge < -0.3 is 10.2 Å². The molecule has 76 valence electrons. The molecule has 0 saturated heterocycles. The Bertz CT molecular complexity index is 355. The highest BCUT2D eigenvalue weighted by Crippen LogP contribution is 2.29. The normalized spacial score (nSPS) is 12.5. The largest absolute Gasteiger partial charge is 0.505 e. The van der Waals surface area contributed by atoms with E-state index < -0.39 is 23.5 Å². The van der Waals surface area contributed by atoms with E-state index in [9.17, 15) is 9.18 Å². The number of carboxylic acid groups (broad SMARTS) is 1. The van der Waals surface area contributed by atoms with Crippen LogP contribution in [0.5, 0.6) is 5.75 Å². The Kier molecular flexibility index (Phi) is 3.10. The zero-order chi connectivity index (χ0) is 10.9. The van der Waals surface area contributed by atoms with Gasteiger partial charge in [-0.05, 0) is 40.5 Å². The zero-order valence-electron chi connectivity index (χ0n) is 7.29. The summed E-state index contributed by atoms with van der Waals surface area (Å²) in [4.78, 5) is 10.6. The molecule has 1 aromatic rings. The molecule has 0 spiro atoms. The number of hydrogen-bond acceptors (Lipinski definition) is 2. The second kappa shape index (κ2) is 3.96. The van der Waals surface area contributed by atoms with E-state index in [1.165, 1.54) is 13.0 Å². The first-order valence-corrected chi connectivity index (χ1v) is 4.63. The first-order valence-electron chi connectivity index (χ1n) is 3.84. The van der Waals surface area contributed by atoms with Crippen LogP contribution in [0.15, 0.2) is 16.6 Å². The van der Waals surface area contributed by atoms with Crippen LogP contribution in [0.3, 0.4) is 0 Å². The molecule has 1 atom stereocenters. The molecule has 14 heavy (non-hydrogen) atoms. The van der Waals surface area contributed by atoms with Gasteiger partial charge in [-0.2, -0.15) is 0 Å². The number of aliphatic carboxylic acids is 1. The van der Waals surface area contributed by atoms with Crippen molar-refractivity contribution in [1.29, 1.82) is 0 Å². The predicted molar refractivity (Wildman–Crippen MR) is 51.8 cm³/mol. The molecule has 0 fully saturated rings. The van der Waals surface area contributed by atoms with Crippen LogP contribution in [0.25, 0.3) is 0 Å². The molecule has 1 aromatic carbocycles. The van der Waals surface area contributed by atoms with E-state index in [1.807, 2.05) is 0 Å². The Balaban J connectivity index is 3.19. The molecule has 0 bridgehead atoms. The van der Waals surface area contributed by atoms with Crippen LogP contribution >= 0.6 is 15.9 Å². The van der Waals surface area contributed by atoms with Crippen molar-refractivity contribution in [2.45, 2.75) is 12.8 Å². The fourth-order valence-electron chi connectivity index (χ4n) is 0.988. The number of carboxylic acids is 1. The SMILES string of the molecule is CC(C(=O)O)c1cc(O)c(F)c(Br)c1. The van der Waals surface area contributed by atoms with Crippen LogP contribution in [-0.4, -0.2) is 16.2 Å². The third-order valence-electron chi connectivity index (χ3n) is 1.90. The maximum atomic E-state index is 12.9. The summed E-state index contributed by atoms with van der Waals surface area (Å²) in [7, 11) is 0. The van der Waals surface area contributed by atoms with Crippen molar-refractivity contribution < 1.29 is 19.4 Å². The Labute approximate surface area is 88.3 Å². The van der Waals surface area contributed by atoms with Crippen molar-refractivity contribution in [1.82, 2.24) is 0 Å². The standard InChI is InChI=1S/C9H8BrFO3/c1-4(9(13)14)5-2-6(10)8(11)7(12)3-5/h2-4,12H,1H3,(H,13,14). The fraction of sp³-hybridized carbons (Fsp3) is 0.222. The lowest BCUT2D eigenvalue weighted by Gasteiger charge is -2.08. The highest BCUT2D eigenvalue weighted by Gasteiger charge is 2.17. The quantitative estimate of drug-likeness (QED) is 0.861. The van der Waals surface area contributed by atoms with Crippen LogP contribution in [0, 0.1) is 5.82 Å². The molecule has 0 amide bonds. The zero-order valence-corrected chi connectivity index (χ0v) is 8.88. The Morgan fingerprint density at radius 2 is 2.14 bits per heavy atom. The van der Waals surface area contributed by atoms with E-state index in [0.717, 1.165) is 6.07 Å². The average Bonchev–Trinajstić information content (AvgIpc) is 2.12. The number of benzene rings is 1. The third kappa shape index (κ3) is 2.04. The number of halogens is 2. The molecule has 0 heterocycles. The smallest absolute Gasteiger partial charge is 0.310 e. The Morgan fingerprint density at radius 3 is 2.57 bits per heavy atom. The number of hydrogen-bond donors (Lipinski definition) is 2. The molecule has 0 aliphatic carbocycles. The summed E-state index contributed by atoms with van der Waals surface area (Å²) in [6.45, 7) is 1.46. The summed E-state index contributed by atoms with van der Waals surface area (Å²) < 4.78 is 13.0. The predicted octanol–water partition coefficient (Wildman–Crippen LogP) is 2.48. The van der Waals surface area contributed by atoms with Gasteiger partial charge in [-0.1, -0.05) is 0 Å². The van der Waals surface area contributed by atoms with E-state index in [0.29, 0.717) is 5.56 Å². The number of carbonyl (C=O) groups is 1. The monoisotopic (exact) mass is 262 g/mol. The van der Waals surface area contributed by atoms with Crippen molar-refractivity contribution >= 4 is 21.9 Å². The number of aromatic hydroxyl groups is 1. The van der Waals surface area contributed by atoms with Crippen molar-refractivity contribution in [3.05, 3.63) is 28.0 Å². The molecule has 1 unspecified atom stereocenters. The molecule has 5 heteroatoms. The Hall–Kier alpha value is -1.10. The molecule has 0 radical (unpaired) electrons. The lowest BCUT2D eigenvalue weighted by molar-refractivity contribution is -0.138. The minimum absolute atomic E-state index is 0.0561. The van der Waals surface area contributed by atoms with Crippen LogP contribution in [-0.2, 0) is 4.79 Å². The van der Waals surface area contributed by atoms with Gasteiger partial charge in [-0.3, -0.25) is 4.79 Å². The van der Waals surface area contributed by atoms with Crippen LogP contribution in [0.4, 0.5) is 4.39 Å². The van der Waals surface area contributed by atoms with Gasteiger partial charge in [-0.15, -0.1) is 0 Å². The lowest BCUT2D eigenvalue weighted by atomic mass is 10.0. The second-order valence-corrected chi connectivity index (χ2v) is 3.75. The van der Waals surface area contributed by atoms with Crippen LogP contribution in [0.1, 0.15) is 18.4 Å². The van der Waals surface area contributed by atoms with Gasteiger partial charge in [0.05, 0.1) is 10.4 Å². The van der Waals surface area contributed by atoms with E-state index in [1.54, 1.807) is 0 Å². The first kappa shape index (κ1) is 11.0. The van der Waals surface area contributed by atoms with E-state index >= 15 is 0 Å². The topological polar surface area (TPSA) is 57.5 Å². The van der Waals surface area contributed by atoms with Crippen molar-refractivity contribution in [3.8, 4) is 5.75 Å². The Morgan fingerprint density at radius 1 is 1.57 bits per heavy atom. The van der Waals surface area contributed by atoms with Gasteiger partial charge in [0.2, 0.25) is 0 Å². The van der Waals surface area contributed by atoms with Gasteiger partial charge in [0.25, 0.3) is 0 Å². The second-order valence-electron chi connectivity index (χ2n) is 2.90. The average molecular weight is 263 g/mol. The maximum absolute atomic E-state index is 12.9.